The fourth-order valence-corrected chi connectivity index (χ4v) is 4.16. The third-order valence-corrected chi connectivity index (χ3v) is 5.77. The van der Waals surface area contributed by atoms with Crippen molar-refractivity contribution in [1.82, 2.24) is 15.8 Å². The summed E-state index contributed by atoms with van der Waals surface area (Å²) in [4.78, 5) is 16.4. The Morgan fingerprint density at radius 1 is 1.27 bits per heavy atom. The molecule has 0 aliphatic carbocycles. The van der Waals surface area contributed by atoms with Gasteiger partial charge in [0.15, 0.2) is 9.45 Å². The summed E-state index contributed by atoms with van der Waals surface area (Å²) in [6, 6.07) is 11.9. The van der Waals surface area contributed by atoms with E-state index in [4.69, 9.17) is 23.8 Å². The number of hydrazine groups is 1. The van der Waals surface area contributed by atoms with E-state index in [1.807, 2.05) is 24.3 Å². The van der Waals surface area contributed by atoms with Crippen LogP contribution in [0.1, 0.15) is 0 Å². The van der Waals surface area contributed by atoms with Crippen molar-refractivity contribution >= 4 is 73.8 Å². The zero-order valence-corrected chi connectivity index (χ0v) is 16.3. The average molecular weight is 427 g/mol. The van der Waals surface area contributed by atoms with Crippen LogP contribution in [0.15, 0.2) is 46.8 Å². The molecule has 0 aliphatic rings. The standard InChI is InChI=1S/C16H12ClFN4OS3/c17-10-7-9(5-6-11(10)18)19-15(24)22-21-14(23)8-25-16-20-12-3-1-2-4-13(12)26-16/h1-7H,8H2,(H,21,23)(H2,19,22,24). The van der Waals surface area contributed by atoms with Gasteiger partial charge in [0.05, 0.1) is 21.0 Å². The molecule has 0 radical (unpaired) electrons. The van der Waals surface area contributed by atoms with E-state index in [1.54, 1.807) is 0 Å². The molecule has 0 fully saturated rings. The fraction of sp³-hybridized carbons (Fsp3) is 0.0625. The summed E-state index contributed by atoms with van der Waals surface area (Å²) in [5, 5.41) is 2.93. The minimum atomic E-state index is -0.517. The summed E-state index contributed by atoms with van der Waals surface area (Å²) in [6.45, 7) is 0. The van der Waals surface area contributed by atoms with Crippen molar-refractivity contribution < 1.29 is 9.18 Å². The molecule has 1 amide bonds. The summed E-state index contributed by atoms with van der Waals surface area (Å²) < 4.78 is 15.0. The average Bonchev–Trinajstić information content (AvgIpc) is 3.04. The van der Waals surface area contributed by atoms with Gasteiger partial charge in [-0.2, -0.15) is 0 Å². The van der Waals surface area contributed by atoms with E-state index in [0.29, 0.717) is 5.69 Å². The first-order valence-electron chi connectivity index (χ1n) is 7.30. The minimum absolute atomic E-state index is 0.0194. The van der Waals surface area contributed by atoms with Gasteiger partial charge in [0.1, 0.15) is 5.82 Å². The first-order chi connectivity index (χ1) is 12.5. The predicted molar refractivity (Wildman–Crippen MR) is 109 cm³/mol. The molecule has 0 saturated heterocycles. The highest BCUT2D eigenvalue weighted by Gasteiger charge is 2.08. The van der Waals surface area contributed by atoms with Crippen molar-refractivity contribution in [2.45, 2.75) is 4.34 Å². The molecule has 3 N–H and O–H groups in total. The Kier molecular flexibility index (Phi) is 6.25. The van der Waals surface area contributed by atoms with E-state index in [0.717, 1.165) is 14.6 Å². The number of carbonyl (C=O) groups is 1. The largest absolute Gasteiger partial charge is 0.331 e. The lowest BCUT2D eigenvalue weighted by molar-refractivity contribution is -0.119. The summed E-state index contributed by atoms with van der Waals surface area (Å²) in [6.07, 6.45) is 0. The number of thiocarbonyl (C=S) groups is 1. The molecule has 0 bridgehead atoms. The van der Waals surface area contributed by atoms with Gasteiger partial charge in [-0.15, -0.1) is 11.3 Å². The van der Waals surface area contributed by atoms with Crippen molar-refractivity contribution in [3.05, 3.63) is 53.3 Å². The lowest BCUT2D eigenvalue weighted by Crippen LogP contribution is -2.44. The number of thiazole rings is 1. The maximum atomic E-state index is 13.1. The maximum Gasteiger partial charge on any atom is 0.248 e. The van der Waals surface area contributed by atoms with Crippen LogP contribution >= 0.6 is 46.9 Å². The van der Waals surface area contributed by atoms with Crippen LogP contribution in [-0.2, 0) is 4.79 Å². The predicted octanol–water partition coefficient (Wildman–Crippen LogP) is 4.20. The smallest absolute Gasteiger partial charge is 0.248 e. The number of nitrogens with zero attached hydrogens (tertiary/aromatic N) is 1. The van der Waals surface area contributed by atoms with Crippen molar-refractivity contribution in [3.8, 4) is 0 Å². The van der Waals surface area contributed by atoms with Crippen LogP contribution in [0.25, 0.3) is 10.2 Å². The van der Waals surface area contributed by atoms with Crippen LogP contribution in [-0.4, -0.2) is 21.8 Å². The Morgan fingerprint density at radius 2 is 2.08 bits per heavy atom. The molecule has 3 aromatic rings. The Balaban J connectivity index is 1.44. The number of hydrogen-bond acceptors (Lipinski definition) is 5. The molecule has 1 aromatic heterocycles. The van der Waals surface area contributed by atoms with Crippen molar-refractivity contribution in [1.29, 1.82) is 0 Å². The van der Waals surface area contributed by atoms with Gasteiger partial charge in [0.2, 0.25) is 5.91 Å². The van der Waals surface area contributed by atoms with E-state index < -0.39 is 5.82 Å². The van der Waals surface area contributed by atoms with Gasteiger partial charge in [-0.1, -0.05) is 35.5 Å². The van der Waals surface area contributed by atoms with Gasteiger partial charge in [-0.05, 0) is 42.5 Å². The lowest BCUT2D eigenvalue weighted by Gasteiger charge is -2.11. The maximum absolute atomic E-state index is 13.1. The molecule has 0 aliphatic heterocycles. The normalized spacial score (nSPS) is 10.5. The number of fused-ring (bicyclic) bond motifs is 1. The van der Waals surface area contributed by atoms with Gasteiger partial charge < -0.3 is 5.32 Å². The highest BCUT2D eigenvalue weighted by molar-refractivity contribution is 8.01. The minimum Gasteiger partial charge on any atom is -0.331 e. The lowest BCUT2D eigenvalue weighted by atomic mass is 10.3. The number of benzene rings is 2. The van der Waals surface area contributed by atoms with E-state index in [1.165, 1.54) is 41.3 Å². The molecule has 0 saturated carbocycles. The number of rotatable bonds is 4. The second-order valence-corrected chi connectivity index (χ2v) is 8.06. The van der Waals surface area contributed by atoms with Gasteiger partial charge in [-0.25, -0.2) is 9.37 Å². The summed E-state index contributed by atoms with van der Waals surface area (Å²) in [5.41, 5.74) is 6.50. The number of para-hydroxylation sites is 1. The Labute approximate surface area is 167 Å². The van der Waals surface area contributed by atoms with Gasteiger partial charge in [0.25, 0.3) is 0 Å². The first-order valence-corrected chi connectivity index (χ1v) is 9.89. The number of anilines is 1. The quantitative estimate of drug-likeness (QED) is 0.330. The zero-order valence-electron chi connectivity index (χ0n) is 13.1. The van der Waals surface area contributed by atoms with Crippen LogP contribution in [0.4, 0.5) is 10.1 Å². The zero-order chi connectivity index (χ0) is 18.5. The molecule has 3 rings (SSSR count). The second-order valence-electron chi connectivity index (χ2n) is 4.99. The van der Waals surface area contributed by atoms with Crippen molar-refractivity contribution in [2.75, 3.05) is 11.1 Å². The number of nitrogens with one attached hydrogen (secondary N) is 3. The number of thioether (sulfide) groups is 1. The summed E-state index contributed by atoms with van der Waals surface area (Å²) in [5.74, 6) is -0.579. The molecule has 0 unspecified atom stereocenters. The Morgan fingerprint density at radius 3 is 2.85 bits per heavy atom. The van der Waals surface area contributed by atoms with E-state index >= 15 is 0 Å². The van der Waals surface area contributed by atoms with Crippen LogP contribution in [0, 0.1) is 5.82 Å². The topological polar surface area (TPSA) is 66.0 Å². The fourth-order valence-electron chi connectivity index (χ4n) is 1.94. The van der Waals surface area contributed by atoms with Crippen LogP contribution in [0.3, 0.4) is 0 Å². The van der Waals surface area contributed by atoms with E-state index in [2.05, 4.69) is 21.2 Å². The van der Waals surface area contributed by atoms with Crippen molar-refractivity contribution in [2.24, 2.45) is 0 Å². The van der Waals surface area contributed by atoms with Crippen LogP contribution in [0.2, 0.25) is 5.02 Å². The Bertz CT molecular complexity index is 933. The first kappa shape index (κ1) is 18.8. The molecule has 134 valence electrons. The monoisotopic (exact) mass is 426 g/mol. The van der Waals surface area contributed by atoms with Gasteiger partial charge in [-0.3, -0.25) is 15.6 Å². The highest BCUT2D eigenvalue weighted by atomic mass is 35.5. The third kappa shape index (κ3) is 5.04. The number of hydrogen-bond donors (Lipinski definition) is 3. The molecular weight excluding hydrogens is 415 g/mol. The second kappa shape index (κ2) is 8.63. The molecule has 1 heterocycles. The highest BCUT2D eigenvalue weighted by Crippen LogP contribution is 2.28. The van der Waals surface area contributed by atoms with Crippen LogP contribution < -0.4 is 16.2 Å². The van der Waals surface area contributed by atoms with Crippen molar-refractivity contribution in [3.63, 3.8) is 0 Å². The number of carbonyl (C=O) groups excluding carboxylic acids is 1. The molecular formula is C16H12ClFN4OS3. The molecule has 0 spiro atoms. The number of aromatic nitrogens is 1. The summed E-state index contributed by atoms with van der Waals surface area (Å²) >= 11 is 13.6. The number of halogens is 2. The van der Waals surface area contributed by atoms with Gasteiger partial charge >= 0.3 is 0 Å². The molecule has 26 heavy (non-hydrogen) atoms. The molecule has 10 heteroatoms. The van der Waals surface area contributed by atoms with Crippen LogP contribution in [0.5, 0.6) is 0 Å². The summed E-state index contributed by atoms with van der Waals surface area (Å²) in [7, 11) is 0. The third-order valence-electron chi connectivity index (χ3n) is 3.09. The Hall–Kier alpha value is -1.94. The number of amides is 1. The molecule has 5 nitrogen and oxygen atoms in total. The van der Waals surface area contributed by atoms with Gasteiger partial charge in [0, 0.05) is 5.69 Å². The SMILES string of the molecule is O=C(CSc1nc2ccccc2s1)NNC(=S)Nc1ccc(F)c(Cl)c1. The van der Waals surface area contributed by atoms with E-state index in [-0.39, 0.29) is 21.8 Å². The van der Waals surface area contributed by atoms with E-state index in [9.17, 15) is 9.18 Å². The molecule has 2 aromatic carbocycles. The molecule has 0 atom stereocenters.